The fraction of sp³-hybridized carbons (Fsp3) is 0.150. The normalized spacial score (nSPS) is 21.1. The van der Waals surface area contributed by atoms with Crippen molar-refractivity contribution < 1.29 is 22.4 Å². The summed E-state index contributed by atoms with van der Waals surface area (Å²) in [6, 6.07) is 8.02. The number of amides is 1. The van der Waals surface area contributed by atoms with Gasteiger partial charge in [-0.05, 0) is 47.5 Å². The molecular formula is C20H13F4N3O. The summed E-state index contributed by atoms with van der Waals surface area (Å²) in [5, 5.41) is 3.97. The lowest BCUT2D eigenvalue weighted by Crippen LogP contribution is -2.45. The smallest absolute Gasteiger partial charge is 0.282 e. The molecular weight excluding hydrogens is 374 g/mol. The monoisotopic (exact) mass is 387 g/mol. The maximum absolute atomic E-state index is 13.6. The number of rotatable bonds is 2. The maximum atomic E-state index is 13.6. The van der Waals surface area contributed by atoms with E-state index >= 15 is 0 Å². The largest absolute Gasteiger partial charge is 0.416 e. The zero-order valence-corrected chi connectivity index (χ0v) is 14.2. The van der Waals surface area contributed by atoms with E-state index in [1.54, 1.807) is 12.2 Å². The van der Waals surface area contributed by atoms with Crippen molar-refractivity contribution in [3.05, 3.63) is 71.6 Å². The summed E-state index contributed by atoms with van der Waals surface area (Å²) in [5.74, 6) is -1.58. The van der Waals surface area contributed by atoms with Gasteiger partial charge in [0.25, 0.3) is 0 Å². The molecule has 2 aliphatic heterocycles. The number of carbonyl (C=O) groups excluding carboxylic acids is 1. The molecule has 2 unspecified atom stereocenters. The minimum atomic E-state index is -4.61. The van der Waals surface area contributed by atoms with Gasteiger partial charge in [0.15, 0.2) is 0 Å². The first-order valence-corrected chi connectivity index (χ1v) is 8.39. The van der Waals surface area contributed by atoms with Crippen LogP contribution < -0.4 is 5.43 Å². The fourth-order valence-electron chi connectivity index (χ4n) is 3.25. The van der Waals surface area contributed by atoms with Crippen molar-refractivity contribution in [2.45, 2.75) is 12.2 Å². The van der Waals surface area contributed by atoms with Crippen molar-refractivity contribution in [2.75, 3.05) is 0 Å². The van der Waals surface area contributed by atoms with Gasteiger partial charge in [0.05, 0.1) is 17.2 Å². The summed E-state index contributed by atoms with van der Waals surface area (Å²) in [6.45, 7) is 0. The summed E-state index contributed by atoms with van der Waals surface area (Å²) in [7, 11) is 0. The van der Waals surface area contributed by atoms with E-state index in [-0.39, 0.29) is 22.7 Å². The highest BCUT2D eigenvalue weighted by molar-refractivity contribution is 6.11. The van der Waals surface area contributed by atoms with Crippen molar-refractivity contribution in [3.8, 4) is 11.1 Å². The van der Waals surface area contributed by atoms with Crippen LogP contribution in [0, 0.1) is 11.7 Å². The molecule has 0 aromatic heterocycles. The van der Waals surface area contributed by atoms with Gasteiger partial charge in [0, 0.05) is 11.8 Å². The average Bonchev–Trinajstić information content (AvgIpc) is 2.67. The standard InChI is InChI=1S/C20H13F4N3O/c21-15-4-1-3-11(10-15)12-7-13(9-14(8-12)20(22,23)24)17-18-16(5-2-6-25-18)19(28)27-26-17/h1-10,16,18H,(H,27,28). The van der Waals surface area contributed by atoms with Gasteiger partial charge < -0.3 is 0 Å². The number of benzene rings is 2. The number of hydrogen-bond donors (Lipinski definition) is 1. The van der Waals surface area contributed by atoms with Crippen molar-refractivity contribution in [1.29, 1.82) is 0 Å². The maximum Gasteiger partial charge on any atom is 0.416 e. The van der Waals surface area contributed by atoms with Crippen LogP contribution in [-0.2, 0) is 11.0 Å². The number of hydrazone groups is 1. The lowest BCUT2D eigenvalue weighted by molar-refractivity contribution is -0.137. The second-order valence-electron chi connectivity index (χ2n) is 6.43. The van der Waals surface area contributed by atoms with E-state index in [4.69, 9.17) is 0 Å². The van der Waals surface area contributed by atoms with Gasteiger partial charge in [0.1, 0.15) is 11.9 Å². The molecule has 142 valence electrons. The van der Waals surface area contributed by atoms with E-state index in [9.17, 15) is 22.4 Å². The molecule has 0 saturated heterocycles. The van der Waals surface area contributed by atoms with E-state index in [0.29, 0.717) is 5.56 Å². The minimum absolute atomic E-state index is 0.163. The third-order valence-corrected chi connectivity index (χ3v) is 4.57. The molecule has 2 atom stereocenters. The molecule has 2 heterocycles. The number of alkyl halides is 3. The number of halogens is 4. The Kier molecular flexibility index (Phi) is 4.33. The molecule has 28 heavy (non-hydrogen) atoms. The van der Waals surface area contributed by atoms with Crippen molar-refractivity contribution in [3.63, 3.8) is 0 Å². The molecule has 2 aromatic carbocycles. The summed E-state index contributed by atoms with van der Waals surface area (Å²) < 4.78 is 54.0. The van der Waals surface area contributed by atoms with Crippen LogP contribution in [0.3, 0.4) is 0 Å². The summed E-state index contributed by atoms with van der Waals surface area (Å²) in [4.78, 5) is 16.2. The Labute approximate surface area is 157 Å². The predicted octanol–water partition coefficient (Wildman–Crippen LogP) is 3.97. The molecule has 0 saturated carbocycles. The Morgan fingerprint density at radius 1 is 1.00 bits per heavy atom. The Morgan fingerprint density at radius 3 is 2.54 bits per heavy atom. The first-order valence-electron chi connectivity index (χ1n) is 8.39. The first kappa shape index (κ1) is 18.1. The summed E-state index contributed by atoms with van der Waals surface area (Å²) in [6.07, 6.45) is 0.110. The number of aliphatic imine (C=N–C) groups is 1. The number of nitrogens with one attached hydrogen (secondary N) is 1. The van der Waals surface area contributed by atoms with E-state index in [1.165, 1.54) is 30.5 Å². The molecule has 0 aliphatic carbocycles. The van der Waals surface area contributed by atoms with Crippen LogP contribution in [0.4, 0.5) is 17.6 Å². The second kappa shape index (κ2) is 6.70. The number of fused-ring (bicyclic) bond motifs is 1. The molecule has 0 fully saturated rings. The zero-order chi connectivity index (χ0) is 19.9. The van der Waals surface area contributed by atoms with Crippen molar-refractivity contribution in [1.82, 2.24) is 5.43 Å². The number of dihydropyridines is 1. The number of carbonyl (C=O) groups is 1. The van der Waals surface area contributed by atoms with Crippen molar-refractivity contribution >= 4 is 17.8 Å². The molecule has 1 amide bonds. The van der Waals surface area contributed by atoms with Crippen LogP contribution in [0.15, 0.2) is 64.7 Å². The van der Waals surface area contributed by atoms with Crippen molar-refractivity contribution in [2.24, 2.45) is 16.0 Å². The highest BCUT2D eigenvalue weighted by Gasteiger charge is 2.37. The minimum Gasteiger partial charge on any atom is -0.282 e. The predicted molar refractivity (Wildman–Crippen MR) is 96.4 cm³/mol. The average molecular weight is 387 g/mol. The van der Waals surface area contributed by atoms with E-state index in [1.807, 2.05) is 0 Å². The van der Waals surface area contributed by atoms with Gasteiger partial charge >= 0.3 is 6.18 Å². The van der Waals surface area contributed by atoms with Crippen LogP contribution in [0.25, 0.3) is 11.1 Å². The Hall–Kier alpha value is -3.29. The third kappa shape index (κ3) is 3.33. The van der Waals surface area contributed by atoms with Gasteiger partial charge in [-0.25, -0.2) is 9.82 Å². The van der Waals surface area contributed by atoms with Gasteiger partial charge in [-0.3, -0.25) is 9.79 Å². The molecule has 2 aliphatic rings. The van der Waals surface area contributed by atoms with Gasteiger partial charge in [-0.1, -0.05) is 18.2 Å². The van der Waals surface area contributed by atoms with Crippen LogP contribution in [0.2, 0.25) is 0 Å². The van der Waals surface area contributed by atoms with Gasteiger partial charge in [0.2, 0.25) is 5.91 Å². The second-order valence-corrected chi connectivity index (χ2v) is 6.43. The lowest BCUT2D eigenvalue weighted by atomic mass is 9.87. The Bertz CT molecular complexity index is 1040. The van der Waals surface area contributed by atoms with E-state index in [2.05, 4.69) is 15.5 Å². The molecule has 4 nitrogen and oxygen atoms in total. The summed E-state index contributed by atoms with van der Waals surface area (Å²) >= 11 is 0. The molecule has 2 aromatic rings. The van der Waals surface area contributed by atoms with E-state index in [0.717, 1.165) is 18.2 Å². The highest BCUT2D eigenvalue weighted by atomic mass is 19.4. The molecule has 0 radical (unpaired) electrons. The van der Waals surface area contributed by atoms with E-state index < -0.39 is 29.5 Å². The molecule has 4 rings (SSSR count). The van der Waals surface area contributed by atoms with Gasteiger partial charge in [-0.15, -0.1) is 0 Å². The third-order valence-electron chi connectivity index (χ3n) is 4.57. The molecule has 8 heteroatoms. The number of hydrogen-bond acceptors (Lipinski definition) is 3. The Morgan fingerprint density at radius 2 is 1.79 bits per heavy atom. The summed E-state index contributed by atoms with van der Waals surface area (Å²) in [5.41, 5.74) is 2.32. The van der Waals surface area contributed by atoms with Crippen LogP contribution in [0.1, 0.15) is 11.1 Å². The first-order chi connectivity index (χ1) is 13.3. The van der Waals surface area contributed by atoms with Gasteiger partial charge in [-0.2, -0.15) is 18.3 Å². The topological polar surface area (TPSA) is 53.8 Å². The van der Waals surface area contributed by atoms with Crippen LogP contribution in [0.5, 0.6) is 0 Å². The number of nitrogens with zero attached hydrogens (tertiary/aromatic N) is 2. The molecule has 0 bridgehead atoms. The Balaban J connectivity index is 1.87. The number of allylic oxidation sites excluding steroid dienone is 1. The lowest BCUT2D eigenvalue weighted by Gasteiger charge is -2.28. The zero-order valence-electron chi connectivity index (χ0n) is 14.2. The molecule has 0 spiro atoms. The highest BCUT2D eigenvalue weighted by Crippen LogP contribution is 2.35. The SMILES string of the molecule is O=C1NN=C(c2cc(-c3cccc(F)c3)cc(C(F)(F)F)c2)C2N=CC=CC12. The quantitative estimate of drug-likeness (QED) is 0.779. The van der Waals surface area contributed by atoms with Crippen LogP contribution >= 0.6 is 0 Å². The fourth-order valence-corrected chi connectivity index (χ4v) is 3.25. The molecule has 1 N–H and O–H groups in total. The van der Waals surface area contributed by atoms with Crippen LogP contribution in [-0.4, -0.2) is 23.9 Å².